The standard InChI is InChI=1S/C8H9F3N2O2S/c9-6-2-1-3-7(5(6)4-12)13-16(14,15)8(10)11/h1-3,8,13H,4,12H2. The fraction of sp³-hybridized carbons (Fsp3) is 0.250. The zero-order chi connectivity index (χ0) is 12.3. The maximum Gasteiger partial charge on any atom is 0.355 e. The van der Waals surface area contributed by atoms with Gasteiger partial charge < -0.3 is 5.73 Å². The van der Waals surface area contributed by atoms with Crippen molar-refractivity contribution in [1.82, 2.24) is 0 Å². The molecule has 1 aromatic carbocycles. The quantitative estimate of drug-likeness (QED) is 0.849. The van der Waals surface area contributed by atoms with Crippen molar-refractivity contribution in [3.05, 3.63) is 29.6 Å². The molecule has 1 rings (SSSR count). The van der Waals surface area contributed by atoms with Crippen LogP contribution in [0.2, 0.25) is 0 Å². The number of hydrogen-bond donors (Lipinski definition) is 2. The normalized spacial score (nSPS) is 11.8. The average Bonchev–Trinajstić information content (AvgIpc) is 2.17. The van der Waals surface area contributed by atoms with Crippen LogP contribution >= 0.6 is 0 Å². The maximum absolute atomic E-state index is 13.1. The molecule has 0 amide bonds. The van der Waals surface area contributed by atoms with Gasteiger partial charge >= 0.3 is 5.76 Å². The van der Waals surface area contributed by atoms with E-state index in [4.69, 9.17) is 5.73 Å². The van der Waals surface area contributed by atoms with Crippen molar-refractivity contribution in [3.63, 3.8) is 0 Å². The second kappa shape index (κ2) is 4.71. The lowest BCUT2D eigenvalue weighted by atomic mass is 10.2. The first-order chi connectivity index (χ1) is 7.38. The van der Waals surface area contributed by atoms with Crippen LogP contribution in [0, 0.1) is 5.82 Å². The molecule has 4 nitrogen and oxygen atoms in total. The van der Waals surface area contributed by atoms with Gasteiger partial charge in [0, 0.05) is 12.1 Å². The Labute approximate surface area is 90.3 Å². The van der Waals surface area contributed by atoms with E-state index < -0.39 is 21.6 Å². The number of anilines is 1. The molecule has 0 unspecified atom stereocenters. The van der Waals surface area contributed by atoms with Crippen LogP contribution in [0.3, 0.4) is 0 Å². The molecule has 0 bridgehead atoms. The van der Waals surface area contributed by atoms with Gasteiger partial charge in [-0.15, -0.1) is 0 Å². The van der Waals surface area contributed by atoms with Gasteiger partial charge in [0.25, 0.3) is 10.0 Å². The first-order valence-corrected chi connectivity index (χ1v) is 5.70. The van der Waals surface area contributed by atoms with Gasteiger partial charge in [-0.25, -0.2) is 12.8 Å². The molecule has 0 radical (unpaired) electrons. The molecule has 1 aromatic rings. The van der Waals surface area contributed by atoms with Crippen molar-refractivity contribution >= 4 is 15.7 Å². The van der Waals surface area contributed by atoms with Crippen molar-refractivity contribution in [2.45, 2.75) is 12.3 Å². The Hall–Kier alpha value is -1.28. The molecule has 0 aliphatic heterocycles. The number of halogens is 3. The molecule has 3 N–H and O–H groups in total. The fourth-order valence-electron chi connectivity index (χ4n) is 1.06. The van der Waals surface area contributed by atoms with Gasteiger partial charge in [-0.3, -0.25) is 4.72 Å². The largest absolute Gasteiger partial charge is 0.355 e. The van der Waals surface area contributed by atoms with Crippen molar-refractivity contribution in [2.24, 2.45) is 5.73 Å². The number of nitrogens with two attached hydrogens (primary N) is 1. The molecule has 0 fully saturated rings. The lowest BCUT2D eigenvalue weighted by Crippen LogP contribution is -2.22. The summed E-state index contributed by atoms with van der Waals surface area (Å²) in [5, 5.41) is 0. The Kier molecular flexibility index (Phi) is 3.76. The number of hydrogen-bond acceptors (Lipinski definition) is 3. The van der Waals surface area contributed by atoms with Gasteiger partial charge in [0.15, 0.2) is 0 Å². The van der Waals surface area contributed by atoms with E-state index >= 15 is 0 Å². The molecule has 0 aromatic heterocycles. The van der Waals surface area contributed by atoms with E-state index in [0.29, 0.717) is 0 Å². The minimum atomic E-state index is -4.81. The Morgan fingerprint density at radius 3 is 2.50 bits per heavy atom. The Bertz CT molecular complexity index is 476. The van der Waals surface area contributed by atoms with E-state index in [1.807, 2.05) is 0 Å². The van der Waals surface area contributed by atoms with Gasteiger partial charge in [0.1, 0.15) is 5.82 Å². The molecule has 0 saturated heterocycles. The average molecular weight is 254 g/mol. The first kappa shape index (κ1) is 12.8. The predicted molar refractivity (Wildman–Crippen MR) is 52.8 cm³/mol. The van der Waals surface area contributed by atoms with Crippen LogP contribution in [-0.2, 0) is 16.6 Å². The smallest absolute Gasteiger partial charge is 0.326 e. The summed E-state index contributed by atoms with van der Waals surface area (Å²) in [6.45, 7) is -0.298. The monoisotopic (exact) mass is 254 g/mol. The molecule has 0 atom stereocenters. The molecule has 0 saturated carbocycles. The Morgan fingerprint density at radius 1 is 1.38 bits per heavy atom. The van der Waals surface area contributed by atoms with E-state index in [1.54, 1.807) is 4.72 Å². The van der Waals surface area contributed by atoms with Crippen LogP contribution in [0.4, 0.5) is 18.9 Å². The topological polar surface area (TPSA) is 72.2 Å². The Balaban J connectivity index is 3.12. The summed E-state index contributed by atoms with van der Waals surface area (Å²) in [4.78, 5) is 0. The first-order valence-electron chi connectivity index (χ1n) is 4.15. The van der Waals surface area contributed by atoms with Gasteiger partial charge in [0.05, 0.1) is 5.69 Å². The number of nitrogens with one attached hydrogen (secondary N) is 1. The highest BCUT2D eigenvalue weighted by Crippen LogP contribution is 2.21. The molecular weight excluding hydrogens is 245 g/mol. The van der Waals surface area contributed by atoms with E-state index in [9.17, 15) is 21.6 Å². The van der Waals surface area contributed by atoms with Crippen molar-refractivity contribution in [2.75, 3.05) is 4.72 Å². The number of alkyl halides is 2. The second-order valence-corrected chi connectivity index (χ2v) is 4.53. The van der Waals surface area contributed by atoms with Crippen molar-refractivity contribution < 1.29 is 21.6 Å². The lowest BCUT2D eigenvalue weighted by molar-refractivity contribution is 0.236. The van der Waals surface area contributed by atoms with E-state index in [1.165, 1.54) is 6.07 Å². The van der Waals surface area contributed by atoms with Gasteiger partial charge in [-0.2, -0.15) is 8.78 Å². The predicted octanol–water partition coefficient (Wildman–Crippen LogP) is 1.25. The molecule has 0 aliphatic rings. The van der Waals surface area contributed by atoms with Crippen LogP contribution in [-0.4, -0.2) is 14.2 Å². The molecule has 16 heavy (non-hydrogen) atoms. The maximum atomic E-state index is 13.1. The summed E-state index contributed by atoms with van der Waals surface area (Å²) in [6, 6.07) is 3.41. The molecular formula is C8H9F3N2O2S. The van der Waals surface area contributed by atoms with Crippen LogP contribution in [0.5, 0.6) is 0 Å². The van der Waals surface area contributed by atoms with Crippen LogP contribution in [0.1, 0.15) is 5.56 Å². The molecule has 8 heteroatoms. The molecule has 90 valence electrons. The van der Waals surface area contributed by atoms with Crippen molar-refractivity contribution in [3.8, 4) is 0 Å². The summed E-state index contributed by atoms with van der Waals surface area (Å²) in [6.07, 6.45) is 0. The van der Waals surface area contributed by atoms with Gasteiger partial charge in [0.2, 0.25) is 0 Å². The summed E-state index contributed by atoms with van der Waals surface area (Å²) >= 11 is 0. The highest BCUT2D eigenvalue weighted by molar-refractivity contribution is 7.93. The number of benzene rings is 1. The minimum absolute atomic E-state index is 0.160. The van der Waals surface area contributed by atoms with E-state index in [2.05, 4.69) is 0 Å². The van der Waals surface area contributed by atoms with E-state index in [-0.39, 0.29) is 17.8 Å². The zero-order valence-electron chi connectivity index (χ0n) is 7.95. The number of sulfonamides is 1. The van der Waals surface area contributed by atoms with E-state index in [0.717, 1.165) is 12.1 Å². The third-order valence-electron chi connectivity index (χ3n) is 1.81. The summed E-state index contributed by atoms with van der Waals surface area (Å²) in [5.74, 6) is -4.33. The Morgan fingerprint density at radius 2 is 2.00 bits per heavy atom. The molecule has 0 spiro atoms. The van der Waals surface area contributed by atoms with Gasteiger partial charge in [-0.1, -0.05) is 6.07 Å². The van der Waals surface area contributed by atoms with Crippen LogP contribution < -0.4 is 10.5 Å². The summed E-state index contributed by atoms with van der Waals surface area (Å²) in [5.41, 5.74) is 4.75. The van der Waals surface area contributed by atoms with Crippen LogP contribution in [0.25, 0.3) is 0 Å². The lowest BCUT2D eigenvalue weighted by Gasteiger charge is -2.11. The second-order valence-electron chi connectivity index (χ2n) is 2.88. The molecule has 0 aliphatic carbocycles. The minimum Gasteiger partial charge on any atom is -0.326 e. The fourth-order valence-corrected chi connectivity index (χ4v) is 1.65. The third-order valence-corrected chi connectivity index (χ3v) is 2.78. The van der Waals surface area contributed by atoms with Crippen LogP contribution in [0.15, 0.2) is 18.2 Å². The van der Waals surface area contributed by atoms with Gasteiger partial charge in [-0.05, 0) is 12.1 Å². The highest BCUT2D eigenvalue weighted by atomic mass is 32.2. The zero-order valence-corrected chi connectivity index (χ0v) is 8.77. The summed E-state index contributed by atoms with van der Waals surface area (Å²) < 4.78 is 60.5. The highest BCUT2D eigenvalue weighted by Gasteiger charge is 2.24. The summed E-state index contributed by atoms with van der Waals surface area (Å²) in [7, 11) is -4.81. The third kappa shape index (κ3) is 2.64. The number of rotatable bonds is 4. The molecule has 0 heterocycles. The van der Waals surface area contributed by atoms with Crippen molar-refractivity contribution in [1.29, 1.82) is 0 Å². The SMILES string of the molecule is NCc1c(F)cccc1NS(=O)(=O)C(F)F.